The second-order valence-corrected chi connectivity index (χ2v) is 4.20. The molecule has 0 saturated carbocycles. The van der Waals surface area contributed by atoms with E-state index in [0.29, 0.717) is 0 Å². The van der Waals surface area contributed by atoms with Crippen LogP contribution in [0.5, 0.6) is 0 Å². The van der Waals surface area contributed by atoms with Crippen molar-refractivity contribution in [2.24, 2.45) is 0 Å². The minimum Gasteiger partial charge on any atom is -0.317 e. The predicted octanol–water partition coefficient (Wildman–Crippen LogP) is 1.59. The van der Waals surface area contributed by atoms with Crippen molar-refractivity contribution < 1.29 is 0 Å². The molecule has 1 N–H and O–H groups in total. The van der Waals surface area contributed by atoms with E-state index in [1.807, 2.05) is 30.3 Å². The molecule has 0 fully saturated rings. The molecular weight excluding hydrogens is 226 g/mol. The molecule has 0 atom stereocenters. The summed E-state index contributed by atoms with van der Waals surface area (Å²) in [5.41, 5.74) is 1.01. The van der Waals surface area contributed by atoms with Crippen LogP contribution in [0.4, 0.5) is 0 Å². The Bertz CT molecular complexity index is 451. The van der Waals surface area contributed by atoms with Crippen molar-refractivity contribution >= 4 is 0 Å². The van der Waals surface area contributed by atoms with Crippen LogP contribution in [-0.2, 0) is 6.42 Å². The Labute approximate surface area is 107 Å². The summed E-state index contributed by atoms with van der Waals surface area (Å²) in [4.78, 5) is 0. The van der Waals surface area contributed by atoms with Crippen molar-refractivity contribution in [1.82, 2.24) is 25.5 Å². The van der Waals surface area contributed by atoms with E-state index in [9.17, 15) is 0 Å². The van der Waals surface area contributed by atoms with Gasteiger partial charge in [-0.3, -0.25) is 0 Å². The smallest absolute Gasteiger partial charge is 0.156 e. The average Bonchev–Trinajstić information content (AvgIpc) is 2.88. The van der Waals surface area contributed by atoms with Crippen molar-refractivity contribution in [3.05, 3.63) is 36.2 Å². The van der Waals surface area contributed by atoms with Crippen LogP contribution in [0.3, 0.4) is 0 Å². The zero-order valence-corrected chi connectivity index (χ0v) is 10.7. The van der Waals surface area contributed by atoms with Crippen LogP contribution in [0.15, 0.2) is 30.3 Å². The van der Waals surface area contributed by atoms with E-state index in [2.05, 4.69) is 27.8 Å². The molecule has 0 bridgehead atoms. The van der Waals surface area contributed by atoms with Crippen LogP contribution in [0, 0.1) is 0 Å². The number of aromatic nitrogens is 4. The third kappa shape index (κ3) is 3.37. The molecular formula is C13H19N5. The number of benzene rings is 1. The van der Waals surface area contributed by atoms with E-state index < -0.39 is 0 Å². The molecule has 0 radical (unpaired) electrons. The van der Waals surface area contributed by atoms with Gasteiger partial charge in [-0.2, -0.15) is 4.68 Å². The van der Waals surface area contributed by atoms with Gasteiger partial charge in [-0.05, 0) is 48.5 Å². The zero-order chi connectivity index (χ0) is 12.6. The summed E-state index contributed by atoms with van der Waals surface area (Å²) in [5, 5.41) is 15.3. The molecule has 0 amide bonds. The second kappa shape index (κ2) is 6.86. The topological polar surface area (TPSA) is 55.6 Å². The van der Waals surface area contributed by atoms with Gasteiger partial charge in [0.2, 0.25) is 0 Å². The van der Waals surface area contributed by atoms with Crippen molar-refractivity contribution in [3.63, 3.8) is 0 Å². The fourth-order valence-corrected chi connectivity index (χ4v) is 1.80. The highest BCUT2D eigenvalue weighted by molar-refractivity contribution is 5.30. The highest BCUT2D eigenvalue weighted by Crippen LogP contribution is 2.07. The molecule has 18 heavy (non-hydrogen) atoms. The Balaban J connectivity index is 1.92. The van der Waals surface area contributed by atoms with E-state index in [1.165, 1.54) is 6.42 Å². The Hall–Kier alpha value is -1.75. The van der Waals surface area contributed by atoms with Gasteiger partial charge in [-0.25, -0.2) is 0 Å². The Morgan fingerprint density at radius 3 is 2.78 bits per heavy atom. The lowest BCUT2D eigenvalue weighted by Crippen LogP contribution is -2.17. The molecule has 2 rings (SSSR count). The standard InChI is InChI=1S/C13H19N5/c1-2-10-14-11-6-9-13-15-16-17-18(13)12-7-4-3-5-8-12/h3-5,7-8,14H,2,6,9-11H2,1H3. The van der Waals surface area contributed by atoms with Gasteiger partial charge in [0.25, 0.3) is 0 Å². The van der Waals surface area contributed by atoms with E-state index >= 15 is 0 Å². The first kappa shape index (κ1) is 12.7. The van der Waals surface area contributed by atoms with E-state index in [-0.39, 0.29) is 0 Å². The number of tetrazole rings is 1. The number of hydrogen-bond acceptors (Lipinski definition) is 4. The minimum absolute atomic E-state index is 0.888. The maximum absolute atomic E-state index is 4.08. The van der Waals surface area contributed by atoms with Crippen LogP contribution < -0.4 is 5.32 Å². The molecule has 1 heterocycles. The van der Waals surface area contributed by atoms with Gasteiger partial charge >= 0.3 is 0 Å². The van der Waals surface area contributed by atoms with Crippen molar-refractivity contribution in [2.45, 2.75) is 26.2 Å². The van der Waals surface area contributed by atoms with Gasteiger partial charge in [0, 0.05) is 6.42 Å². The normalized spacial score (nSPS) is 10.7. The molecule has 1 aromatic carbocycles. The quantitative estimate of drug-likeness (QED) is 0.753. The molecule has 2 aromatic rings. The molecule has 5 nitrogen and oxygen atoms in total. The molecule has 5 heteroatoms. The summed E-state index contributed by atoms with van der Waals surface area (Å²) in [6, 6.07) is 9.99. The SMILES string of the molecule is CCCNCCCc1nnnn1-c1ccccc1. The summed E-state index contributed by atoms with van der Waals surface area (Å²) >= 11 is 0. The highest BCUT2D eigenvalue weighted by Gasteiger charge is 2.06. The van der Waals surface area contributed by atoms with Crippen LogP contribution >= 0.6 is 0 Å². The lowest BCUT2D eigenvalue weighted by molar-refractivity contribution is 0.624. The third-order valence-electron chi connectivity index (χ3n) is 2.72. The van der Waals surface area contributed by atoms with Crippen LogP contribution in [0.1, 0.15) is 25.6 Å². The first-order valence-corrected chi connectivity index (χ1v) is 6.45. The highest BCUT2D eigenvalue weighted by atomic mass is 15.5. The summed E-state index contributed by atoms with van der Waals surface area (Å²) in [5.74, 6) is 0.916. The molecule has 0 saturated heterocycles. The largest absolute Gasteiger partial charge is 0.317 e. The van der Waals surface area contributed by atoms with E-state index in [0.717, 1.165) is 37.4 Å². The van der Waals surface area contributed by atoms with Gasteiger partial charge < -0.3 is 5.32 Å². The van der Waals surface area contributed by atoms with Crippen molar-refractivity contribution in [3.8, 4) is 5.69 Å². The second-order valence-electron chi connectivity index (χ2n) is 4.20. The van der Waals surface area contributed by atoms with Crippen LogP contribution in [0.2, 0.25) is 0 Å². The Morgan fingerprint density at radius 2 is 2.00 bits per heavy atom. The molecule has 0 aliphatic heterocycles. The molecule has 0 aliphatic carbocycles. The number of para-hydroxylation sites is 1. The van der Waals surface area contributed by atoms with Crippen molar-refractivity contribution in [2.75, 3.05) is 13.1 Å². The molecule has 96 valence electrons. The number of nitrogens with one attached hydrogen (secondary N) is 1. The van der Waals surface area contributed by atoms with Gasteiger partial charge in [0.1, 0.15) is 0 Å². The maximum Gasteiger partial charge on any atom is 0.156 e. The van der Waals surface area contributed by atoms with Gasteiger partial charge in [0.15, 0.2) is 5.82 Å². The van der Waals surface area contributed by atoms with E-state index in [1.54, 1.807) is 4.68 Å². The average molecular weight is 245 g/mol. The summed E-state index contributed by atoms with van der Waals surface area (Å²) in [6.07, 6.45) is 3.10. The minimum atomic E-state index is 0.888. The Morgan fingerprint density at radius 1 is 1.17 bits per heavy atom. The lowest BCUT2D eigenvalue weighted by Gasteiger charge is -2.04. The van der Waals surface area contributed by atoms with Crippen molar-refractivity contribution in [1.29, 1.82) is 0 Å². The number of rotatable bonds is 7. The van der Waals surface area contributed by atoms with Gasteiger partial charge in [-0.1, -0.05) is 25.1 Å². The Kier molecular flexibility index (Phi) is 4.84. The summed E-state index contributed by atoms with van der Waals surface area (Å²) in [6.45, 7) is 4.25. The monoisotopic (exact) mass is 245 g/mol. The number of aryl methyl sites for hydroxylation is 1. The van der Waals surface area contributed by atoms with Gasteiger partial charge in [-0.15, -0.1) is 5.10 Å². The predicted molar refractivity (Wildman–Crippen MR) is 70.6 cm³/mol. The first-order valence-electron chi connectivity index (χ1n) is 6.45. The van der Waals surface area contributed by atoms with Crippen LogP contribution in [0.25, 0.3) is 5.69 Å². The first-order chi connectivity index (χ1) is 8.92. The number of nitrogens with zero attached hydrogens (tertiary/aromatic N) is 4. The van der Waals surface area contributed by atoms with Gasteiger partial charge in [0.05, 0.1) is 5.69 Å². The molecule has 0 spiro atoms. The fourth-order valence-electron chi connectivity index (χ4n) is 1.80. The fraction of sp³-hybridized carbons (Fsp3) is 0.462. The maximum atomic E-state index is 4.08. The summed E-state index contributed by atoms with van der Waals surface area (Å²) < 4.78 is 1.81. The summed E-state index contributed by atoms with van der Waals surface area (Å²) in [7, 11) is 0. The lowest BCUT2D eigenvalue weighted by atomic mass is 10.2. The molecule has 0 unspecified atom stereocenters. The van der Waals surface area contributed by atoms with E-state index in [4.69, 9.17) is 0 Å². The molecule has 1 aromatic heterocycles. The zero-order valence-electron chi connectivity index (χ0n) is 10.7. The molecule has 0 aliphatic rings. The number of hydrogen-bond donors (Lipinski definition) is 1. The van der Waals surface area contributed by atoms with Crippen LogP contribution in [-0.4, -0.2) is 33.3 Å². The third-order valence-corrected chi connectivity index (χ3v) is 2.72.